The van der Waals surface area contributed by atoms with Crippen LogP contribution in [0.4, 0.5) is 17.6 Å². The maximum absolute atomic E-state index is 14.6. The lowest BCUT2D eigenvalue weighted by Crippen LogP contribution is -2.53. The van der Waals surface area contributed by atoms with Crippen LogP contribution in [0.15, 0.2) is 60.8 Å². The number of benzene rings is 3. The van der Waals surface area contributed by atoms with Crippen molar-refractivity contribution in [3.63, 3.8) is 0 Å². The van der Waals surface area contributed by atoms with Crippen molar-refractivity contribution in [3.05, 3.63) is 72.2 Å². The van der Waals surface area contributed by atoms with E-state index in [9.17, 15) is 17.6 Å². The average Bonchev–Trinajstić information content (AvgIpc) is 3.50. The lowest BCUT2D eigenvalue weighted by Gasteiger charge is -2.38. The zero-order chi connectivity index (χ0) is 27.1. The number of nitrogens with zero attached hydrogens (tertiary/aromatic N) is 2. The molecular weight excluding hydrogens is 530 g/mol. The largest absolute Gasteiger partial charge is 0.488 e. The molecule has 3 heterocycles. The van der Waals surface area contributed by atoms with E-state index in [2.05, 4.69) is 15.1 Å². The molecule has 202 valence electrons. The van der Waals surface area contributed by atoms with Crippen molar-refractivity contribution in [2.75, 3.05) is 26.3 Å². The fraction of sp³-hybridized carbons (Fsp3) is 0.276. The molecule has 0 atom stereocenters. The van der Waals surface area contributed by atoms with Gasteiger partial charge in [-0.15, -0.1) is 11.3 Å². The summed E-state index contributed by atoms with van der Waals surface area (Å²) >= 11 is 1.30. The minimum atomic E-state index is -3.27. The first-order chi connectivity index (χ1) is 18.8. The highest BCUT2D eigenvalue weighted by atomic mass is 32.1. The number of H-pyrrole nitrogens is 1. The van der Waals surface area contributed by atoms with Crippen LogP contribution in [-0.2, 0) is 5.92 Å². The number of alkyl halides is 3. The monoisotopic (exact) mass is 555 g/mol. The van der Waals surface area contributed by atoms with Gasteiger partial charge in [-0.05, 0) is 55.0 Å². The molecule has 5 aromatic rings. The van der Waals surface area contributed by atoms with Gasteiger partial charge in [-0.2, -0.15) is 5.10 Å². The molecule has 6 rings (SSSR count). The standard InChI is InChI=1S/C29H25F4N3O2S/c1-29(32,33)24-13-17(31)3-8-21(24)28-26(22-9-10-25-23(14-34-35-25)27(22)39-28)38-19-6-4-18(5-7-19)37-20-15-36(16-20)12-2-11-30/h3-10,13-14,20H,2,11-12,15-16H2,1H3,(H,34,35). The van der Waals surface area contributed by atoms with Gasteiger partial charge in [0.05, 0.1) is 23.3 Å². The Morgan fingerprint density at radius 1 is 1.05 bits per heavy atom. The topological polar surface area (TPSA) is 50.4 Å². The number of hydrogen-bond acceptors (Lipinski definition) is 5. The van der Waals surface area contributed by atoms with Crippen molar-refractivity contribution >= 4 is 32.3 Å². The number of aromatic amines is 1. The molecule has 3 aromatic carbocycles. The van der Waals surface area contributed by atoms with Crippen molar-refractivity contribution in [2.45, 2.75) is 25.4 Å². The molecule has 0 saturated carbocycles. The highest BCUT2D eigenvalue weighted by molar-refractivity contribution is 7.23. The second-order valence-electron chi connectivity index (χ2n) is 9.73. The average molecular weight is 556 g/mol. The minimum Gasteiger partial charge on any atom is -0.488 e. The molecule has 1 N–H and O–H groups in total. The molecule has 1 aliphatic rings. The number of ether oxygens (including phenoxy) is 2. The lowest BCUT2D eigenvalue weighted by atomic mass is 10.00. The van der Waals surface area contributed by atoms with Gasteiger partial charge in [-0.25, -0.2) is 13.2 Å². The summed E-state index contributed by atoms with van der Waals surface area (Å²) in [5.74, 6) is -2.41. The van der Waals surface area contributed by atoms with Crippen LogP contribution in [-0.4, -0.2) is 47.5 Å². The number of thiophene rings is 1. The molecule has 1 saturated heterocycles. The summed E-state index contributed by atoms with van der Waals surface area (Å²) in [4.78, 5) is 2.62. The minimum absolute atomic E-state index is 0.0498. The van der Waals surface area contributed by atoms with Gasteiger partial charge in [-0.3, -0.25) is 14.4 Å². The number of halogens is 4. The highest BCUT2D eigenvalue weighted by Crippen LogP contribution is 2.50. The summed E-state index contributed by atoms with van der Waals surface area (Å²) < 4.78 is 68.8. The molecule has 0 unspecified atom stereocenters. The second-order valence-corrected chi connectivity index (χ2v) is 10.7. The number of hydrogen-bond donors (Lipinski definition) is 1. The fourth-order valence-corrected chi connectivity index (χ4v) is 6.15. The molecule has 0 amide bonds. The van der Waals surface area contributed by atoms with Crippen LogP contribution in [0.2, 0.25) is 0 Å². The number of likely N-dealkylation sites (tertiary alicyclic amines) is 1. The Morgan fingerprint density at radius 3 is 2.56 bits per heavy atom. The van der Waals surface area contributed by atoms with Gasteiger partial charge in [0.15, 0.2) is 5.75 Å². The maximum atomic E-state index is 14.6. The molecule has 0 bridgehead atoms. The Labute approximate surface area is 226 Å². The number of nitrogens with one attached hydrogen (secondary N) is 1. The van der Waals surface area contributed by atoms with Crippen molar-refractivity contribution < 1.29 is 27.0 Å². The van der Waals surface area contributed by atoms with E-state index in [0.717, 1.165) is 53.6 Å². The molecule has 0 radical (unpaired) electrons. The van der Waals surface area contributed by atoms with E-state index < -0.39 is 17.3 Å². The van der Waals surface area contributed by atoms with Crippen molar-refractivity contribution in [3.8, 4) is 27.7 Å². The third-order valence-corrected chi connectivity index (χ3v) is 8.06. The van der Waals surface area contributed by atoms with Crippen molar-refractivity contribution in [1.82, 2.24) is 15.1 Å². The van der Waals surface area contributed by atoms with Gasteiger partial charge in [0.1, 0.15) is 23.4 Å². The van der Waals surface area contributed by atoms with E-state index in [1.54, 1.807) is 30.5 Å². The van der Waals surface area contributed by atoms with Crippen LogP contribution in [0.5, 0.6) is 17.2 Å². The van der Waals surface area contributed by atoms with E-state index in [-0.39, 0.29) is 18.3 Å². The molecular formula is C29H25F4N3O2S. The molecule has 10 heteroatoms. The normalized spacial score (nSPS) is 14.7. The molecule has 1 aliphatic heterocycles. The summed E-state index contributed by atoms with van der Waals surface area (Å²) in [6.45, 7) is 2.68. The van der Waals surface area contributed by atoms with Crippen molar-refractivity contribution in [2.24, 2.45) is 0 Å². The lowest BCUT2D eigenvalue weighted by molar-refractivity contribution is 0.0177. The van der Waals surface area contributed by atoms with E-state index in [1.165, 1.54) is 23.5 Å². The molecule has 1 fully saturated rings. The number of aromatic nitrogens is 2. The van der Waals surface area contributed by atoms with E-state index in [0.29, 0.717) is 28.5 Å². The third-order valence-electron chi connectivity index (χ3n) is 6.81. The number of fused-ring (bicyclic) bond motifs is 3. The summed E-state index contributed by atoms with van der Waals surface area (Å²) in [5.41, 5.74) is 0.605. The van der Waals surface area contributed by atoms with Crippen molar-refractivity contribution in [1.29, 1.82) is 0 Å². The van der Waals surface area contributed by atoms with Gasteiger partial charge in [0.25, 0.3) is 5.92 Å². The third kappa shape index (κ3) is 5.06. The maximum Gasteiger partial charge on any atom is 0.271 e. The van der Waals surface area contributed by atoms with Gasteiger partial charge in [-0.1, -0.05) is 6.07 Å². The van der Waals surface area contributed by atoms with E-state index >= 15 is 0 Å². The summed E-state index contributed by atoms with van der Waals surface area (Å²) in [5, 5.41) is 8.62. The smallest absolute Gasteiger partial charge is 0.271 e. The Hall–Kier alpha value is -3.63. The van der Waals surface area contributed by atoms with Crippen LogP contribution >= 0.6 is 11.3 Å². The zero-order valence-electron chi connectivity index (χ0n) is 21.0. The SMILES string of the molecule is CC(F)(F)c1cc(F)ccc1-c1sc2c(ccc3[nH]ncc32)c1Oc1ccc(OC2CN(CCCF)C2)cc1. The van der Waals surface area contributed by atoms with Gasteiger partial charge in [0, 0.05) is 53.2 Å². The van der Waals surface area contributed by atoms with Crippen LogP contribution in [0.3, 0.4) is 0 Å². The highest BCUT2D eigenvalue weighted by Gasteiger charge is 2.31. The Balaban J connectivity index is 1.34. The summed E-state index contributed by atoms with van der Waals surface area (Å²) in [6, 6.07) is 14.3. The molecule has 0 spiro atoms. The second kappa shape index (κ2) is 10.2. The zero-order valence-corrected chi connectivity index (χ0v) is 21.8. The predicted octanol–water partition coefficient (Wildman–Crippen LogP) is 7.91. The van der Waals surface area contributed by atoms with Gasteiger partial charge >= 0.3 is 0 Å². The first kappa shape index (κ1) is 25.6. The quantitative estimate of drug-likeness (QED) is 0.188. The first-order valence-corrected chi connectivity index (χ1v) is 13.4. The van der Waals surface area contributed by atoms with E-state index in [1.807, 2.05) is 12.1 Å². The molecule has 0 aliphatic carbocycles. The Kier molecular flexibility index (Phi) is 6.68. The molecule has 39 heavy (non-hydrogen) atoms. The van der Waals surface area contributed by atoms with Crippen LogP contribution in [0.1, 0.15) is 18.9 Å². The van der Waals surface area contributed by atoms with Crippen LogP contribution in [0.25, 0.3) is 31.4 Å². The van der Waals surface area contributed by atoms with Gasteiger partial charge in [0.2, 0.25) is 0 Å². The van der Waals surface area contributed by atoms with E-state index in [4.69, 9.17) is 9.47 Å². The molecule has 5 nitrogen and oxygen atoms in total. The van der Waals surface area contributed by atoms with Gasteiger partial charge < -0.3 is 9.47 Å². The van der Waals surface area contributed by atoms with Crippen LogP contribution < -0.4 is 9.47 Å². The predicted molar refractivity (Wildman–Crippen MR) is 144 cm³/mol. The first-order valence-electron chi connectivity index (χ1n) is 12.6. The summed E-state index contributed by atoms with van der Waals surface area (Å²) in [6.07, 6.45) is 2.26. The Morgan fingerprint density at radius 2 is 1.82 bits per heavy atom. The summed E-state index contributed by atoms with van der Waals surface area (Å²) in [7, 11) is 0. The Bertz CT molecular complexity index is 1620. The molecule has 2 aromatic heterocycles. The van der Waals surface area contributed by atoms with Crippen LogP contribution in [0, 0.1) is 5.82 Å². The number of rotatable bonds is 9. The fourth-order valence-electron chi connectivity index (χ4n) is 4.87.